The summed E-state index contributed by atoms with van der Waals surface area (Å²) < 4.78 is 20.0. The van der Waals surface area contributed by atoms with Crippen LogP contribution in [-0.4, -0.2) is 52.4 Å². The summed E-state index contributed by atoms with van der Waals surface area (Å²) in [6.07, 6.45) is 2.83. The molecule has 168 valence electrons. The molecule has 1 aromatic carbocycles. The summed E-state index contributed by atoms with van der Waals surface area (Å²) in [4.78, 5) is 22.9. The number of hydrogen-bond acceptors (Lipinski definition) is 9. The number of carbonyl (C=O) groups excluding carboxylic acids is 1. The zero-order valence-electron chi connectivity index (χ0n) is 17.2. The molecule has 3 heterocycles. The summed E-state index contributed by atoms with van der Waals surface area (Å²) in [5.74, 6) is -1.95. The van der Waals surface area contributed by atoms with Crippen molar-refractivity contribution in [1.29, 1.82) is 5.26 Å². The van der Waals surface area contributed by atoms with Crippen molar-refractivity contribution in [3.63, 3.8) is 0 Å². The minimum atomic E-state index is -0.720. The van der Waals surface area contributed by atoms with Gasteiger partial charge in [-0.2, -0.15) is 5.26 Å². The smallest absolute Gasteiger partial charge is 0.268 e. The fraction of sp³-hybridized carbons (Fsp3) is 0.182. The van der Waals surface area contributed by atoms with Crippen molar-refractivity contribution >= 4 is 34.1 Å². The van der Waals surface area contributed by atoms with Crippen molar-refractivity contribution in [3.8, 4) is 29.0 Å². The van der Waals surface area contributed by atoms with Crippen LogP contribution >= 0.6 is 11.3 Å². The lowest BCUT2D eigenvalue weighted by atomic mass is 10.1. The average molecular weight is 467 g/mol. The van der Waals surface area contributed by atoms with Gasteiger partial charge in [0.2, 0.25) is 0 Å². The standard InChI is InChI=1S/C22H18FN5O4S/c23-16-9-15(28-3-5-32-6-4-28)11-25-20(16)17-12-33-22(26-17)27-21(31)14(10-24)7-13-1-2-18(29)19(30)8-13/h1-2,7-9,11-12,29-30H,3-6H2,(H,26,27,31)/b14-7+. The van der Waals surface area contributed by atoms with Gasteiger partial charge in [0.05, 0.1) is 25.1 Å². The van der Waals surface area contributed by atoms with Gasteiger partial charge in [-0.05, 0) is 23.8 Å². The topological polar surface area (TPSA) is 132 Å². The number of rotatable bonds is 5. The Kier molecular flexibility index (Phi) is 6.48. The third-order valence-electron chi connectivity index (χ3n) is 4.85. The van der Waals surface area contributed by atoms with Gasteiger partial charge in [-0.15, -0.1) is 11.3 Å². The Labute approximate surface area is 192 Å². The lowest BCUT2D eigenvalue weighted by Crippen LogP contribution is -2.36. The van der Waals surface area contributed by atoms with E-state index < -0.39 is 11.7 Å². The van der Waals surface area contributed by atoms with Gasteiger partial charge < -0.3 is 19.8 Å². The second kappa shape index (κ2) is 9.64. The van der Waals surface area contributed by atoms with Crippen LogP contribution in [0.3, 0.4) is 0 Å². The molecule has 1 aliphatic rings. The Morgan fingerprint density at radius 3 is 2.76 bits per heavy atom. The van der Waals surface area contributed by atoms with Crippen LogP contribution in [0.5, 0.6) is 11.5 Å². The number of thiazole rings is 1. The molecule has 1 amide bonds. The number of aromatic nitrogens is 2. The first-order valence-corrected chi connectivity index (χ1v) is 10.7. The Balaban J connectivity index is 1.49. The molecule has 1 saturated heterocycles. The van der Waals surface area contributed by atoms with Crippen molar-refractivity contribution in [1.82, 2.24) is 9.97 Å². The summed E-state index contributed by atoms with van der Waals surface area (Å²) in [6, 6.07) is 7.09. The molecule has 11 heteroatoms. The molecule has 9 nitrogen and oxygen atoms in total. The highest BCUT2D eigenvalue weighted by Gasteiger charge is 2.18. The minimum absolute atomic E-state index is 0.0550. The second-order valence-electron chi connectivity index (χ2n) is 7.03. The third-order valence-corrected chi connectivity index (χ3v) is 5.60. The van der Waals surface area contributed by atoms with Crippen LogP contribution in [0.1, 0.15) is 5.56 Å². The fourth-order valence-electron chi connectivity index (χ4n) is 3.16. The average Bonchev–Trinajstić information content (AvgIpc) is 3.28. The van der Waals surface area contributed by atoms with E-state index in [1.165, 1.54) is 30.3 Å². The number of pyridine rings is 1. The Morgan fingerprint density at radius 1 is 1.27 bits per heavy atom. The highest BCUT2D eigenvalue weighted by molar-refractivity contribution is 7.14. The maximum atomic E-state index is 14.7. The first-order valence-electron chi connectivity index (χ1n) is 9.84. The normalized spacial score (nSPS) is 14.1. The maximum absolute atomic E-state index is 14.7. The summed E-state index contributed by atoms with van der Waals surface area (Å²) in [6.45, 7) is 2.47. The van der Waals surface area contributed by atoms with Crippen LogP contribution in [0.15, 0.2) is 41.4 Å². The fourth-order valence-corrected chi connectivity index (χ4v) is 3.85. The van der Waals surface area contributed by atoms with Gasteiger partial charge in [-0.3, -0.25) is 10.1 Å². The Hall–Kier alpha value is -4.01. The first kappa shape index (κ1) is 22.2. The predicted molar refractivity (Wildman–Crippen MR) is 120 cm³/mol. The molecule has 0 spiro atoms. The van der Waals surface area contributed by atoms with Crippen LogP contribution in [0, 0.1) is 17.1 Å². The van der Waals surface area contributed by atoms with Crippen molar-refractivity contribution in [2.24, 2.45) is 0 Å². The molecular weight excluding hydrogens is 449 g/mol. The van der Waals surface area contributed by atoms with E-state index >= 15 is 0 Å². The molecule has 3 aromatic rings. The number of aromatic hydroxyl groups is 2. The number of morpholine rings is 1. The van der Waals surface area contributed by atoms with Crippen LogP contribution in [0.25, 0.3) is 17.5 Å². The minimum Gasteiger partial charge on any atom is -0.504 e. The Bertz CT molecular complexity index is 1260. The SMILES string of the molecule is N#C/C(=C\c1ccc(O)c(O)c1)C(=O)Nc1nc(-c2ncc(N3CCOCC3)cc2F)cs1. The molecule has 0 atom stereocenters. The molecule has 0 aliphatic carbocycles. The van der Waals surface area contributed by atoms with Crippen LogP contribution < -0.4 is 10.2 Å². The number of halogens is 1. The van der Waals surface area contributed by atoms with E-state index in [4.69, 9.17) is 4.74 Å². The van der Waals surface area contributed by atoms with Gasteiger partial charge >= 0.3 is 0 Å². The van der Waals surface area contributed by atoms with E-state index in [1.54, 1.807) is 17.6 Å². The molecule has 4 rings (SSSR count). The second-order valence-corrected chi connectivity index (χ2v) is 7.89. The van der Waals surface area contributed by atoms with Gasteiger partial charge in [-0.1, -0.05) is 6.07 Å². The number of benzene rings is 1. The molecule has 1 fully saturated rings. The molecule has 0 saturated carbocycles. The molecular formula is C22H18FN5O4S. The number of phenols is 2. The Morgan fingerprint density at radius 2 is 2.06 bits per heavy atom. The largest absolute Gasteiger partial charge is 0.504 e. The van der Waals surface area contributed by atoms with Crippen LogP contribution in [0.4, 0.5) is 15.2 Å². The quantitative estimate of drug-likeness (QED) is 0.296. The number of phenolic OH excluding ortho intramolecular Hbond substituents is 2. The van der Waals surface area contributed by atoms with Gasteiger partial charge in [0.1, 0.15) is 23.0 Å². The molecule has 0 unspecified atom stereocenters. The summed E-state index contributed by atoms with van der Waals surface area (Å²) in [7, 11) is 0. The van der Waals surface area contributed by atoms with Gasteiger partial charge in [-0.25, -0.2) is 14.4 Å². The highest BCUT2D eigenvalue weighted by Crippen LogP contribution is 2.29. The zero-order valence-corrected chi connectivity index (χ0v) is 18.0. The number of anilines is 2. The van der Waals surface area contributed by atoms with Crippen molar-refractivity contribution in [2.45, 2.75) is 0 Å². The lowest BCUT2D eigenvalue weighted by molar-refractivity contribution is -0.112. The number of nitrogens with one attached hydrogen (secondary N) is 1. The van der Waals surface area contributed by atoms with Crippen LogP contribution in [0.2, 0.25) is 0 Å². The van der Waals surface area contributed by atoms with E-state index in [-0.39, 0.29) is 33.6 Å². The zero-order chi connectivity index (χ0) is 23.4. The summed E-state index contributed by atoms with van der Waals surface area (Å²) >= 11 is 1.07. The predicted octanol–water partition coefficient (Wildman–Crippen LogP) is 3.14. The molecule has 3 N–H and O–H groups in total. The van der Waals surface area contributed by atoms with E-state index in [1.807, 2.05) is 4.90 Å². The highest BCUT2D eigenvalue weighted by atomic mass is 32.1. The van der Waals surface area contributed by atoms with Gasteiger partial charge in [0.25, 0.3) is 5.91 Å². The van der Waals surface area contributed by atoms with Gasteiger partial charge in [0, 0.05) is 24.5 Å². The third kappa shape index (κ3) is 5.08. The van der Waals surface area contributed by atoms with Gasteiger partial charge in [0.15, 0.2) is 22.4 Å². The van der Waals surface area contributed by atoms with E-state index in [0.29, 0.717) is 37.6 Å². The van der Waals surface area contributed by atoms with Crippen molar-refractivity contribution in [3.05, 3.63) is 52.8 Å². The number of amides is 1. The number of carbonyl (C=O) groups is 1. The molecule has 2 aromatic heterocycles. The number of ether oxygens (including phenoxy) is 1. The summed E-state index contributed by atoms with van der Waals surface area (Å²) in [5, 5.41) is 32.5. The number of nitriles is 1. The van der Waals surface area contributed by atoms with E-state index in [9.17, 15) is 24.7 Å². The van der Waals surface area contributed by atoms with Crippen molar-refractivity contribution < 1.29 is 24.1 Å². The van der Waals surface area contributed by atoms with E-state index in [0.717, 1.165) is 11.3 Å². The molecule has 1 aliphatic heterocycles. The monoisotopic (exact) mass is 467 g/mol. The maximum Gasteiger partial charge on any atom is 0.268 e. The lowest BCUT2D eigenvalue weighted by Gasteiger charge is -2.28. The molecule has 0 bridgehead atoms. The van der Waals surface area contributed by atoms with E-state index in [2.05, 4.69) is 15.3 Å². The molecule has 0 radical (unpaired) electrons. The number of nitrogens with zero attached hydrogens (tertiary/aromatic N) is 4. The summed E-state index contributed by atoms with van der Waals surface area (Å²) in [5.41, 5.74) is 1.08. The van der Waals surface area contributed by atoms with Crippen LogP contribution in [-0.2, 0) is 9.53 Å². The molecule has 33 heavy (non-hydrogen) atoms. The van der Waals surface area contributed by atoms with Crippen molar-refractivity contribution in [2.75, 3.05) is 36.5 Å². The first-order chi connectivity index (χ1) is 15.9. The number of hydrogen-bond donors (Lipinski definition) is 3.